The van der Waals surface area contributed by atoms with E-state index in [4.69, 9.17) is 0 Å². The zero-order valence-electron chi connectivity index (χ0n) is 14.2. The fourth-order valence-electron chi connectivity index (χ4n) is 2.75. The number of benzene rings is 1. The lowest BCUT2D eigenvalue weighted by molar-refractivity contribution is 0.0773. The van der Waals surface area contributed by atoms with Crippen LogP contribution in [-0.4, -0.2) is 43.7 Å². The van der Waals surface area contributed by atoms with E-state index < -0.39 is 0 Å². The Kier molecular flexibility index (Phi) is 4.55. The van der Waals surface area contributed by atoms with Crippen molar-refractivity contribution < 1.29 is 4.79 Å². The summed E-state index contributed by atoms with van der Waals surface area (Å²) in [5.41, 5.74) is 4.36. The molecule has 0 bridgehead atoms. The largest absolute Gasteiger partial charge is 0.339 e. The van der Waals surface area contributed by atoms with Gasteiger partial charge in [0.1, 0.15) is 6.33 Å². The van der Waals surface area contributed by atoms with E-state index in [1.54, 1.807) is 10.8 Å². The molecule has 0 aliphatic heterocycles. The van der Waals surface area contributed by atoms with Gasteiger partial charge in [0.2, 0.25) is 0 Å². The second-order valence-electron chi connectivity index (χ2n) is 5.56. The molecule has 124 valence electrons. The van der Waals surface area contributed by atoms with Gasteiger partial charge in [-0.3, -0.25) is 4.79 Å². The van der Waals surface area contributed by atoms with Gasteiger partial charge in [-0.15, -0.1) is 10.2 Å². The standard InChI is InChI=1S/C18H21N5O/c1-4-15-11-16(17-20-19-12-23(17)21-15)13-7-9-14(10-8-13)18(24)22(5-2)6-3/h7-12H,4-6H2,1-3H3. The third kappa shape index (κ3) is 2.87. The number of aryl methyl sites for hydroxylation is 1. The molecule has 24 heavy (non-hydrogen) atoms. The van der Waals surface area contributed by atoms with Gasteiger partial charge >= 0.3 is 0 Å². The zero-order chi connectivity index (χ0) is 17.1. The summed E-state index contributed by atoms with van der Waals surface area (Å²) in [6.07, 6.45) is 2.44. The lowest BCUT2D eigenvalue weighted by atomic mass is 10.0. The predicted molar refractivity (Wildman–Crippen MR) is 92.8 cm³/mol. The van der Waals surface area contributed by atoms with Gasteiger partial charge in [0.15, 0.2) is 5.65 Å². The van der Waals surface area contributed by atoms with Crippen molar-refractivity contribution in [3.8, 4) is 11.1 Å². The van der Waals surface area contributed by atoms with Gasteiger partial charge in [-0.05, 0) is 44.0 Å². The molecule has 0 saturated carbocycles. The Morgan fingerprint density at radius 3 is 2.46 bits per heavy atom. The van der Waals surface area contributed by atoms with Crippen LogP contribution in [0.15, 0.2) is 36.7 Å². The molecular formula is C18H21N5O. The van der Waals surface area contributed by atoms with Gasteiger partial charge in [-0.2, -0.15) is 9.61 Å². The molecular weight excluding hydrogens is 302 g/mol. The molecule has 1 aromatic carbocycles. The lowest BCUT2D eigenvalue weighted by Crippen LogP contribution is -2.30. The smallest absolute Gasteiger partial charge is 0.253 e. The summed E-state index contributed by atoms with van der Waals surface area (Å²) < 4.78 is 1.70. The Morgan fingerprint density at radius 1 is 1.12 bits per heavy atom. The number of hydrogen-bond acceptors (Lipinski definition) is 4. The van der Waals surface area contributed by atoms with E-state index in [1.807, 2.05) is 49.1 Å². The van der Waals surface area contributed by atoms with Crippen LogP contribution >= 0.6 is 0 Å². The first-order valence-electron chi connectivity index (χ1n) is 8.27. The van der Waals surface area contributed by atoms with Gasteiger partial charge in [-0.25, -0.2) is 0 Å². The van der Waals surface area contributed by atoms with E-state index >= 15 is 0 Å². The highest BCUT2D eigenvalue weighted by Gasteiger charge is 2.14. The third-order valence-corrected chi connectivity index (χ3v) is 4.17. The average Bonchev–Trinajstić information content (AvgIpc) is 3.10. The van der Waals surface area contributed by atoms with E-state index in [-0.39, 0.29) is 5.91 Å². The van der Waals surface area contributed by atoms with E-state index in [2.05, 4.69) is 22.2 Å². The number of fused-ring (bicyclic) bond motifs is 1. The number of hydrogen-bond donors (Lipinski definition) is 0. The van der Waals surface area contributed by atoms with Crippen LogP contribution in [0.1, 0.15) is 36.8 Å². The average molecular weight is 323 g/mol. The summed E-state index contributed by atoms with van der Waals surface area (Å²) in [6.45, 7) is 7.46. The Bertz CT molecular complexity index is 849. The highest BCUT2D eigenvalue weighted by Crippen LogP contribution is 2.24. The number of amides is 1. The lowest BCUT2D eigenvalue weighted by Gasteiger charge is -2.18. The van der Waals surface area contributed by atoms with Gasteiger partial charge < -0.3 is 4.90 Å². The van der Waals surface area contributed by atoms with Crippen molar-refractivity contribution in [1.82, 2.24) is 24.7 Å². The van der Waals surface area contributed by atoms with E-state index in [1.165, 1.54) is 0 Å². The van der Waals surface area contributed by atoms with Crippen molar-refractivity contribution in [2.75, 3.05) is 13.1 Å². The summed E-state index contributed by atoms with van der Waals surface area (Å²) in [6, 6.07) is 9.69. The number of carbonyl (C=O) groups is 1. The molecule has 1 amide bonds. The van der Waals surface area contributed by atoms with Crippen LogP contribution < -0.4 is 0 Å². The molecule has 3 aromatic rings. The highest BCUT2D eigenvalue weighted by molar-refractivity contribution is 5.95. The maximum Gasteiger partial charge on any atom is 0.253 e. The van der Waals surface area contributed by atoms with Crippen LogP contribution in [0.5, 0.6) is 0 Å². The normalized spacial score (nSPS) is 11.0. The molecule has 0 radical (unpaired) electrons. The summed E-state index contributed by atoms with van der Waals surface area (Å²) in [4.78, 5) is 14.2. The zero-order valence-corrected chi connectivity index (χ0v) is 14.2. The van der Waals surface area contributed by atoms with Crippen molar-refractivity contribution >= 4 is 11.6 Å². The van der Waals surface area contributed by atoms with Crippen molar-refractivity contribution in [2.45, 2.75) is 27.2 Å². The highest BCUT2D eigenvalue weighted by atomic mass is 16.2. The van der Waals surface area contributed by atoms with Crippen molar-refractivity contribution in [3.05, 3.63) is 47.9 Å². The van der Waals surface area contributed by atoms with Gasteiger partial charge in [0, 0.05) is 24.2 Å². The molecule has 0 aliphatic rings. The Labute approximate surface area is 141 Å². The Balaban J connectivity index is 1.99. The third-order valence-electron chi connectivity index (χ3n) is 4.17. The molecule has 6 nitrogen and oxygen atoms in total. The SMILES string of the molecule is CCc1cc(-c2ccc(C(=O)N(CC)CC)cc2)c2nncn2n1. The molecule has 0 aliphatic carbocycles. The maximum absolute atomic E-state index is 12.4. The second-order valence-corrected chi connectivity index (χ2v) is 5.56. The molecule has 3 rings (SSSR count). The summed E-state index contributed by atoms with van der Waals surface area (Å²) in [5, 5.41) is 12.6. The number of rotatable bonds is 5. The van der Waals surface area contributed by atoms with Crippen molar-refractivity contribution in [1.29, 1.82) is 0 Å². The van der Waals surface area contributed by atoms with Crippen molar-refractivity contribution in [2.24, 2.45) is 0 Å². The van der Waals surface area contributed by atoms with Gasteiger partial charge in [0.05, 0.1) is 5.69 Å². The van der Waals surface area contributed by atoms with Crippen molar-refractivity contribution in [3.63, 3.8) is 0 Å². The van der Waals surface area contributed by atoms with E-state index in [0.29, 0.717) is 18.7 Å². The molecule has 6 heteroatoms. The molecule has 0 fully saturated rings. The van der Waals surface area contributed by atoms with E-state index in [9.17, 15) is 4.79 Å². The second kappa shape index (κ2) is 6.78. The Morgan fingerprint density at radius 2 is 1.83 bits per heavy atom. The van der Waals surface area contributed by atoms with E-state index in [0.717, 1.165) is 28.9 Å². The van der Waals surface area contributed by atoms with Gasteiger partial charge in [-0.1, -0.05) is 19.1 Å². The monoisotopic (exact) mass is 323 g/mol. The maximum atomic E-state index is 12.4. The predicted octanol–water partition coefficient (Wildman–Crippen LogP) is 2.84. The van der Waals surface area contributed by atoms with Crippen LogP contribution in [-0.2, 0) is 6.42 Å². The van der Waals surface area contributed by atoms with Crippen LogP contribution in [0.25, 0.3) is 16.8 Å². The molecule has 0 N–H and O–H groups in total. The first kappa shape index (κ1) is 16.1. The molecule has 0 saturated heterocycles. The minimum absolute atomic E-state index is 0.0585. The van der Waals surface area contributed by atoms with Gasteiger partial charge in [0.25, 0.3) is 5.91 Å². The summed E-state index contributed by atoms with van der Waals surface area (Å²) in [7, 11) is 0. The first-order valence-corrected chi connectivity index (χ1v) is 8.27. The minimum atomic E-state index is 0.0585. The van der Waals surface area contributed by atoms with Crippen LogP contribution in [0.2, 0.25) is 0 Å². The molecule has 2 aromatic heterocycles. The number of carbonyl (C=O) groups excluding carboxylic acids is 1. The Hall–Kier alpha value is -2.76. The van der Waals surface area contributed by atoms with Crippen LogP contribution in [0, 0.1) is 0 Å². The fraction of sp³-hybridized carbons (Fsp3) is 0.333. The number of nitrogens with zero attached hydrogens (tertiary/aromatic N) is 5. The first-order chi connectivity index (χ1) is 11.7. The van der Waals surface area contributed by atoms with Crippen LogP contribution in [0.4, 0.5) is 0 Å². The minimum Gasteiger partial charge on any atom is -0.339 e. The fourth-order valence-corrected chi connectivity index (χ4v) is 2.75. The molecule has 2 heterocycles. The topological polar surface area (TPSA) is 63.4 Å². The summed E-state index contributed by atoms with van der Waals surface area (Å²) in [5.74, 6) is 0.0585. The molecule has 0 spiro atoms. The number of aromatic nitrogens is 4. The quantitative estimate of drug-likeness (QED) is 0.724. The molecule has 0 unspecified atom stereocenters. The van der Waals surface area contributed by atoms with Crippen LogP contribution in [0.3, 0.4) is 0 Å². The molecule has 0 atom stereocenters. The summed E-state index contributed by atoms with van der Waals surface area (Å²) >= 11 is 0.